The molecule has 0 aliphatic heterocycles. The minimum absolute atomic E-state index is 0.00436. The lowest BCUT2D eigenvalue weighted by molar-refractivity contribution is -0.124. The standard InChI is InChI=1S/C10H14N2O4S/c1-7(16-2)10(13)12-8-3-5-9(6-4-8)17(11,14)15/h3-7H,1-2H3,(H,12,13)(H2,11,14,15). The van der Waals surface area contributed by atoms with E-state index in [1.807, 2.05) is 0 Å². The highest BCUT2D eigenvalue weighted by Crippen LogP contribution is 2.13. The lowest BCUT2D eigenvalue weighted by atomic mass is 10.3. The Balaban J connectivity index is 2.79. The maximum absolute atomic E-state index is 11.4. The van der Waals surface area contributed by atoms with Crippen molar-refractivity contribution in [1.29, 1.82) is 0 Å². The van der Waals surface area contributed by atoms with E-state index < -0.39 is 16.1 Å². The molecule has 1 atom stereocenters. The first kappa shape index (κ1) is 13.6. The molecule has 0 aliphatic rings. The number of carbonyl (C=O) groups excluding carboxylic acids is 1. The van der Waals surface area contributed by atoms with Crippen molar-refractivity contribution in [3.8, 4) is 0 Å². The third kappa shape index (κ3) is 3.81. The first-order valence-electron chi connectivity index (χ1n) is 4.81. The van der Waals surface area contributed by atoms with Crippen LogP contribution in [-0.4, -0.2) is 27.5 Å². The molecule has 0 aliphatic carbocycles. The van der Waals surface area contributed by atoms with Gasteiger partial charge < -0.3 is 10.1 Å². The van der Waals surface area contributed by atoms with Crippen LogP contribution < -0.4 is 10.5 Å². The van der Waals surface area contributed by atoms with Gasteiger partial charge in [0.1, 0.15) is 6.10 Å². The Labute approximate surface area is 99.8 Å². The van der Waals surface area contributed by atoms with Gasteiger partial charge in [0, 0.05) is 12.8 Å². The van der Waals surface area contributed by atoms with Crippen molar-refractivity contribution < 1.29 is 17.9 Å². The van der Waals surface area contributed by atoms with Crippen molar-refractivity contribution in [2.75, 3.05) is 12.4 Å². The van der Waals surface area contributed by atoms with Crippen LogP contribution in [0.4, 0.5) is 5.69 Å². The number of carbonyl (C=O) groups is 1. The minimum atomic E-state index is -3.71. The number of hydrogen-bond donors (Lipinski definition) is 2. The summed E-state index contributed by atoms with van der Waals surface area (Å²) in [7, 11) is -2.28. The molecule has 0 spiro atoms. The van der Waals surface area contributed by atoms with Gasteiger partial charge in [-0.25, -0.2) is 13.6 Å². The van der Waals surface area contributed by atoms with Crippen molar-refractivity contribution in [3.63, 3.8) is 0 Å². The highest BCUT2D eigenvalue weighted by atomic mass is 32.2. The Morgan fingerprint density at radius 2 is 1.88 bits per heavy atom. The van der Waals surface area contributed by atoms with Gasteiger partial charge in [-0.2, -0.15) is 0 Å². The van der Waals surface area contributed by atoms with Gasteiger partial charge in [0.05, 0.1) is 4.90 Å². The molecule has 17 heavy (non-hydrogen) atoms. The third-order valence-electron chi connectivity index (χ3n) is 2.17. The van der Waals surface area contributed by atoms with Gasteiger partial charge in [-0.15, -0.1) is 0 Å². The molecular weight excluding hydrogens is 244 g/mol. The van der Waals surface area contributed by atoms with E-state index in [9.17, 15) is 13.2 Å². The number of hydrogen-bond acceptors (Lipinski definition) is 4. The first-order chi connectivity index (χ1) is 7.84. The molecule has 0 heterocycles. The average molecular weight is 258 g/mol. The molecule has 0 radical (unpaired) electrons. The number of methoxy groups -OCH3 is 1. The van der Waals surface area contributed by atoms with Crippen LogP contribution in [0.25, 0.3) is 0 Å². The monoisotopic (exact) mass is 258 g/mol. The fraction of sp³-hybridized carbons (Fsp3) is 0.300. The zero-order valence-corrected chi connectivity index (χ0v) is 10.3. The Bertz CT molecular complexity index is 496. The molecule has 7 heteroatoms. The molecule has 94 valence electrons. The number of nitrogens with one attached hydrogen (secondary N) is 1. The predicted molar refractivity (Wildman–Crippen MR) is 62.9 cm³/mol. The molecular formula is C10H14N2O4S. The number of amides is 1. The topological polar surface area (TPSA) is 98.5 Å². The molecule has 0 saturated heterocycles. The van der Waals surface area contributed by atoms with Gasteiger partial charge in [0.2, 0.25) is 10.0 Å². The summed E-state index contributed by atoms with van der Waals surface area (Å²) in [6.07, 6.45) is -0.576. The fourth-order valence-electron chi connectivity index (χ4n) is 1.08. The third-order valence-corrected chi connectivity index (χ3v) is 3.10. The van der Waals surface area contributed by atoms with E-state index in [4.69, 9.17) is 9.88 Å². The molecule has 6 nitrogen and oxygen atoms in total. The van der Waals surface area contributed by atoms with Crippen molar-refractivity contribution >= 4 is 21.6 Å². The molecule has 1 amide bonds. The van der Waals surface area contributed by atoms with Crippen LogP contribution in [0.15, 0.2) is 29.2 Å². The van der Waals surface area contributed by atoms with E-state index in [2.05, 4.69) is 5.32 Å². The summed E-state index contributed by atoms with van der Waals surface area (Å²) in [4.78, 5) is 11.4. The summed E-state index contributed by atoms with van der Waals surface area (Å²) >= 11 is 0. The van der Waals surface area contributed by atoms with E-state index in [0.717, 1.165) is 0 Å². The maximum atomic E-state index is 11.4. The number of rotatable bonds is 4. The van der Waals surface area contributed by atoms with Crippen LogP contribution >= 0.6 is 0 Å². The van der Waals surface area contributed by atoms with Gasteiger partial charge in [-0.3, -0.25) is 4.79 Å². The Kier molecular flexibility index (Phi) is 4.22. The second kappa shape index (κ2) is 5.26. The van der Waals surface area contributed by atoms with E-state index in [-0.39, 0.29) is 10.8 Å². The van der Waals surface area contributed by atoms with Crippen LogP contribution in [0.3, 0.4) is 0 Å². The molecule has 0 aromatic heterocycles. The summed E-state index contributed by atoms with van der Waals surface area (Å²) < 4.78 is 26.8. The second-order valence-electron chi connectivity index (χ2n) is 3.44. The van der Waals surface area contributed by atoms with Crippen molar-refractivity contribution in [2.45, 2.75) is 17.9 Å². The fourth-order valence-corrected chi connectivity index (χ4v) is 1.59. The highest BCUT2D eigenvalue weighted by Gasteiger charge is 2.12. The minimum Gasteiger partial charge on any atom is -0.372 e. The smallest absolute Gasteiger partial charge is 0.253 e. The summed E-state index contributed by atoms with van der Waals surface area (Å²) in [6.45, 7) is 1.61. The molecule has 3 N–H and O–H groups in total. The molecule has 1 aromatic rings. The highest BCUT2D eigenvalue weighted by molar-refractivity contribution is 7.89. The van der Waals surface area contributed by atoms with E-state index in [0.29, 0.717) is 5.69 Å². The van der Waals surface area contributed by atoms with Crippen LogP contribution in [0.2, 0.25) is 0 Å². The van der Waals surface area contributed by atoms with Crippen molar-refractivity contribution in [1.82, 2.24) is 0 Å². The molecule has 1 unspecified atom stereocenters. The van der Waals surface area contributed by atoms with Crippen LogP contribution in [0, 0.1) is 0 Å². The molecule has 1 rings (SSSR count). The quantitative estimate of drug-likeness (QED) is 0.811. The Morgan fingerprint density at radius 3 is 2.29 bits per heavy atom. The number of primary sulfonamides is 1. The zero-order chi connectivity index (χ0) is 13.1. The second-order valence-corrected chi connectivity index (χ2v) is 5.00. The van der Waals surface area contributed by atoms with E-state index in [1.54, 1.807) is 6.92 Å². The van der Waals surface area contributed by atoms with E-state index >= 15 is 0 Å². The number of ether oxygens (including phenoxy) is 1. The largest absolute Gasteiger partial charge is 0.372 e. The Morgan fingerprint density at radius 1 is 1.35 bits per heavy atom. The summed E-state index contributed by atoms with van der Waals surface area (Å²) in [5, 5.41) is 7.51. The molecule has 0 bridgehead atoms. The van der Waals surface area contributed by atoms with Crippen LogP contribution in [0.1, 0.15) is 6.92 Å². The molecule has 0 saturated carbocycles. The van der Waals surface area contributed by atoms with Gasteiger partial charge >= 0.3 is 0 Å². The van der Waals surface area contributed by atoms with Crippen LogP contribution in [-0.2, 0) is 19.6 Å². The van der Waals surface area contributed by atoms with Gasteiger partial charge in [-0.05, 0) is 31.2 Å². The average Bonchev–Trinajstić information content (AvgIpc) is 2.27. The molecule has 0 fully saturated rings. The first-order valence-corrected chi connectivity index (χ1v) is 6.35. The summed E-state index contributed by atoms with van der Waals surface area (Å²) in [5.41, 5.74) is 0.478. The lowest BCUT2D eigenvalue weighted by Crippen LogP contribution is -2.26. The van der Waals surface area contributed by atoms with Gasteiger partial charge in [0.15, 0.2) is 0 Å². The Hall–Kier alpha value is -1.44. The normalized spacial score (nSPS) is 13.1. The zero-order valence-electron chi connectivity index (χ0n) is 9.51. The van der Waals surface area contributed by atoms with Crippen molar-refractivity contribution in [2.24, 2.45) is 5.14 Å². The lowest BCUT2D eigenvalue weighted by Gasteiger charge is -2.10. The van der Waals surface area contributed by atoms with Crippen LogP contribution in [0.5, 0.6) is 0 Å². The molecule has 1 aromatic carbocycles. The number of nitrogens with two attached hydrogens (primary N) is 1. The number of benzene rings is 1. The van der Waals surface area contributed by atoms with E-state index in [1.165, 1.54) is 31.4 Å². The van der Waals surface area contributed by atoms with Gasteiger partial charge in [0.25, 0.3) is 5.91 Å². The summed E-state index contributed by atoms with van der Waals surface area (Å²) in [5.74, 6) is -0.309. The maximum Gasteiger partial charge on any atom is 0.253 e. The SMILES string of the molecule is COC(C)C(=O)Nc1ccc(S(N)(=O)=O)cc1. The predicted octanol–water partition coefficient (Wildman–Crippen LogP) is 0.307. The number of anilines is 1. The van der Waals surface area contributed by atoms with Crippen molar-refractivity contribution in [3.05, 3.63) is 24.3 Å². The van der Waals surface area contributed by atoms with Gasteiger partial charge in [-0.1, -0.05) is 0 Å². The summed E-state index contributed by atoms with van der Waals surface area (Å²) in [6, 6.07) is 5.56. The number of sulfonamides is 1.